The molecule has 0 saturated heterocycles. The average molecular weight is 276 g/mol. The Labute approximate surface area is 102 Å². The molecule has 0 saturated carbocycles. The summed E-state index contributed by atoms with van der Waals surface area (Å²) >= 11 is 0. The zero-order valence-electron chi connectivity index (χ0n) is 9.75. The highest BCUT2D eigenvalue weighted by atomic mass is 32.2. The topological polar surface area (TPSA) is 83.8 Å². The van der Waals surface area contributed by atoms with Gasteiger partial charge in [-0.15, -0.1) is 0 Å². The van der Waals surface area contributed by atoms with E-state index >= 15 is 0 Å². The van der Waals surface area contributed by atoms with E-state index in [1.165, 1.54) is 19.2 Å². The number of aryl methyl sites for hydroxylation is 1. The highest BCUT2D eigenvalue weighted by Gasteiger charge is 2.24. The van der Waals surface area contributed by atoms with Crippen LogP contribution in [0, 0.1) is 0 Å². The van der Waals surface area contributed by atoms with Crippen LogP contribution in [0.5, 0.6) is 0 Å². The number of hydrogen-bond donors (Lipinski definition) is 2. The van der Waals surface area contributed by atoms with Gasteiger partial charge in [0, 0.05) is 7.11 Å². The Morgan fingerprint density at radius 2 is 1.82 bits per heavy atom. The highest BCUT2D eigenvalue weighted by molar-refractivity contribution is 7.85. The van der Waals surface area contributed by atoms with Gasteiger partial charge in [-0.2, -0.15) is 8.42 Å². The zero-order chi connectivity index (χ0) is 13.1. The van der Waals surface area contributed by atoms with E-state index in [2.05, 4.69) is 0 Å². The molecule has 1 unspecified atom stereocenters. The Hall–Kier alpha value is -0.733. The van der Waals surface area contributed by atoms with Crippen molar-refractivity contribution in [2.45, 2.75) is 23.9 Å². The molecule has 0 radical (unpaired) electrons. The Bertz CT molecular complexity index is 466. The third-order valence-corrected chi connectivity index (χ3v) is 5.46. The van der Waals surface area contributed by atoms with E-state index in [1.54, 1.807) is 18.7 Å². The van der Waals surface area contributed by atoms with Crippen molar-refractivity contribution in [3.63, 3.8) is 0 Å². The van der Waals surface area contributed by atoms with E-state index in [0.717, 1.165) is 5.56 Å². The van der Waals surface area contributed by atoms with Crippen LogP contribution in [-0.2, 0) is 21.0 Å². The van der Waals surface area contributed by atoms with E-state index in [-0.39, 0.29) is 4.90 Å². The average Bonchev–Trinajstić information content (AvgIpc) is 2.26. The lowest BCUT2D eigenvalue weighted by Crippen LogP contribution is -2.33. The SMILES string of the molecule is CO[Si](C)(O)CCc1ccc(S(=O)(=O)O)cc1. The second kappa shape index (κ2) is 5.28. The van der Waals surface area contributed by atoms with E-state index in [9.17, 15) is 13.2 Å². The van der Waals surface area contributed by atoms with Crippen molar-refractivity contribution in [3.05, 3.63) is 29.8 Å². The molecule has 1 aromatic rings. The van der Waals surface area contributed by atoms with E-state index in [1.807, 2.05) is 0 Å². The Balaban J connectivity index is 2.70. The van der Waals surface area contributed by atoms with Crippen LogP contribution in [-0.4, -0.2) is 33.4 Å². The minimum Gasteiger partial charge on any atom is -0.411 e. The van der Waals surface area contributed by atoms with Crippen LogP contribution in [0.4, 0.5) is 0 Å². The summed E-state index contributed by atoms with van der Waals surface area (Å²) in [5.74, 6) is 0. The molecule has 0 aliphatic heterocycles. The summed E-state index contributed by atoms with van der Waals surface area (Å²) in [6.07, 6.45) is 0.610. The first-order valence-electron chi connectivity index (χ1n) is 5.08. The van der Waals surface area contributed by atoms with Gasteiger partial charge < -0.3 is 9.22 Å². The van der Waals surface area contributed by atoms with Gasteiger partial charge in [0.15, 0.2) is 0 Å². The summed E-state index contributed by atoms with van der Waals surface area (Å²) in [4.78, 5) is 9.62. The van der Waals surface area contributed by atoms with Gasteiger partial charge in [0.05, 0.1) is 4.90 Å². The number of hydrogen-bond acceptors (Lipinski definition) is 4. The van der Waals surface area contributed by atoms with Crippen molar-refractivity contribution in [2.75, 3.05) is 7.11 Å². The van der Waals surface area contributed by atoms with Crippen LogP contribution < -0.4 is 0 Å². The van der Waals surface area contributed by atoms with Gasteiger partial charge >= 0.3 is 8.56 Å². The molecular weight excluding hydrogens is 260 g/mol. The summed E-state index contributed by atoms with van der Waals surface area (Å²) in [5.41, 5.74) is 0.891. The highest BCUT2D eigenvalue weighted by Crippen LogP contribution is 2.15. The summed E-state index contributed by atoms with van der Waals surface area (Å²) in [7, 11) is -5.23. The van der Waals surface area contributed by atoms with Gasteiger partial charge in [-0.25, -0.2) is 0 Å². The normalized spacial score (nSPS) is 15.5. The molecule has 0 fully saturated rings. The minimum atomic E-state index is -4.13. The Morgan fingerprint density at radius 1 is 1.29 bits per heavy atom. The molecule has 1 atom stereocenters. The van der Waals surface area contributed by atoms with E-state index in [0.29, 0.717) is 12.5 Å². The predicted molar refractivity (Wildman–Crippen MR) is 65.6 cm³/mol. The van der Waals surface area contributed by atoms with E-state index in [4.69, 9.17) is 8.98 Å². The van der Waals surface area contributed by atoms with Crippen LogP contribution in [0.3, 0.4) is 0 Å². The maximum Gasteiger partial charge on any atom is 0.332 e. The summed E-state index contributed by atoms with van der Waals surface area (Å²) in [5, 5.41) is 0. The second-order valence-corrected chi connectivity index (χ2v) is 8.68. The first kappa shape index (κ1) is 14.3. The Morgan fingerprint density at radius 3 is 2.24 bits per heavy atom. The van der Waals surface area contributed by atoms with Crippen molar-refractivity contribution in [1.82, 2.24) is 0 Å². The molecule has 0 bridgehead atoms. The van der Waals surface area contributed by atoms with E-state index < -0.39 is 18.7 Å². The van der Waals surface area contributed by atoms with Gasteiger partial charge in [-0.3, -0.25) is 4.55 Å². The second-order valence-electron chi connectivity index (χ2n) is 4.00. The van der Waals surface area contributed by atoms with Crippen molar-refractivity contribution in [3.8, 4) is 0 Å². The molecule has 17 heavy (non-hydrogen) atoms. The molecule has 2 N–H and O–H groups in total. The van der Waals surface area contributed by atoms with Gasteiger partial charge in [0.2, 0.25) is 0 Å². The lowest BCUT2D eigenvalue weighted by atomic mass is 10.2. The summed E-state index contributed by atoms with van der Waals surface area (Å²) in [6, 6.07) is 6.45. The maximum absolute atomic E-state index is 10.8. The fourth-order valence-electron chi connectivity index (χ4n) is 1.31. The fourth-order valence-corrected chi connectivity index (χ4v) is 2.74. The number of benzene rings is 1. The standard InChI is InChI=1S/C10H16O5SSi/c1-15-17(2,14)8-7-9-3-5-10(6-4-9)16(11,12)13/h3-6,14H,7-8H2,1-2H3,(H,11,12,13). The third-order valence-electron chi connectivity index (χ3n) is 2.54. The van der Waals surface area contributed by atoms with Gasteiger partial charge in [-0.1, -0.05) is 12.1 Å². The monoisotopic (exact) mass is 276 g/mol. The van der Waals surface area contributed by atoms with Crippen LogP contribution in [0.1, 0.15) is 5.56 Å². The molecular formula is C10H16O5SSi. The third kappa shape index (κ3) is 4.56. The molecule has 1 aromatic carbocycles. The molecule has 0 heterocycles. The Kier molecular flexibility index (Phi) is 4.45. The lowest BCUT2D eigenvalue weighted by Gasteiger charge is -2.17. The van der Waals surface area contributed by atoms with Crippen molar-refractivity contribution < 1.29 is 22.2 Å². The lowest BCUT2D eigenvalue weighted by molar-refractivity contribution is 0.296. The van der Waals surface area contributed by atoms with Crippen molar-refractivity contribution in [2.24, 2.45) is 0 Å². The number of rotatable bonds is 5. The first-order valence-corrected chi connectivity index (χ1v) is 9.09. The molecule has 0 aliphatic carbocycles. The maximum atomic E-state index is 10.8. The smallest absolute Gasteiger partial charge is 0.332 e. The van der Waals surface area contributed by atoms with Gasteiger partial charge in [0.25, 0.3) is 10.1 Å². The molecule has 96 valence electrons. The van der Waals surface area contributed by atoms with Crippen LogP contribution in [0.25, 0.3) is 0 Å². The fraction of sp³-hybridized carbons (Fsp3) is 0.400. The molecule has 0 aromatic heterocycles. The molecule has 0 spiro atoms. The summed E-state index contributed by atoms with van der Waals surface area (Å²) in [6.45, 7) is 1.69. The molecule has 0 amide bonds. The summed E-state index contributed by atoms with van der Waals surface area (Å²) < 4.78 is 35.4. The first-order chi connectivity index (χ1) is 7.74. The van der Waals surface area contributed by atoms with Crippen molar-refractivity contribution in [1.29, 1.82) is 0 Å². The van der Waals surface area contributed by atoms with Gasteiger partial charge in [0.1, 0.15) is 0 Å². The van der Waals surface area contributed by atoms with Crippen LogP contribution in [0.2, 0.25) is 12.6 Å². The predicted octanol–water partition coefficient (Wildman–Crippen LogP) is 1.19. The van der Waals surface area contributed by atoms with Crippen LogP contribution >= 0.6 is 0 Å². The molecule has 5 nitrogen and oxygen atoms in total. The largest absolute Gasteiger partial charge is 0.411 e. The molecule has 1 rings (SSSR count). The zero-order valence-corrected chi connectivity index (χ0v) is 11.6. The molecule has 0 aliphatic rings. The van der Waals surface area contributed by atoms with Crippen LogP contribution in [0.15, 0.2) is 29.2 Å². The quantitative estimate of drug-likeness (QED) is 0.623. The minimum absolute atomic E-state index is 0.128. The van der Waals surface area contributed by atoms with Gasteiger partial charge in [-0.05, 0) is 36.7 Å². The molecule has 7 heteroatoms. The van der Waals surface area contributed by atoms with Crippen molar-refractivity contribution >= 4 is 18.7 Å².